The molecule has 1 unspecified atom stereocenters. The molecule has 35 heavy (non-hydrogen) atoms. The van der Waals surface area contributed by atoms with E-state index >= 15 is 0 Å². The topological polar surface area (TPSA) is 75.5 Å². The SMILES string of the molecule is Cc1ccc(C2c3[nH]c4ccc(-n5nccn5)cc4c3CCN2c2nccc(C(F)(F)F)n2)cc1. The van der Waals surface area contributed by atoms with Crippen LogP contribution in [0.3, 0.4) is 0 Å². The predicted molar refractivity (Wildman–Crippen MR) is 124 cm³/mol. The number of halogens is 3. The maximum Gasteiger partial charge on any atom is 0.433 e. The minimum Gasteiger partial charge on any atom is -0.356 e. The number of nitrogens with one attached hydrogen (secondary N) is 1. The quantitative estimate of drug-likeness (QED) is 0.397. The molecule has 5 aromatic rings. The fourth-order valence-electron chi connectivity index (χ4n) is 4.71. The molecule has 1 aliphatic heterocycles. The fraction of sp³-hybridized carbons (Fsp3) is 0.200. The first kappa shape index (κ1) is 21.3. The Kier molecular flexibility index (Phi) is 4.84. The molecule has 2 aromatic carbocycles. The molecule has 0 saturated carbocycles. The van der Waals surface area contributed by atoms with Gasteiger partial charge in [0, 0.05) is 29.3 Å². The minimum absolute atomic E-state index is 0.0520. The molecule has 1 aliphatic rings. The minimum atomic E-state index is -4.55. The standard InChI is InChI=1S/C25H20F3N7/c1-15-2-4-16(5-3-15)23-22-18(9-13-34(23)24-29-10-8-21(33-24)25(26,27)28)19-14-17(6-7-20(19)32-22)35-30-11-12-31-35/h2-8,10-12,14,23,32H,9,13H2,1H3. The molecule has 0 radical (unpaired) electrons. The van der Waals surface area contributed by atoms with Crippen molar-refractivity contribution in [3.63, 3.8) is 0 Å². The lowest BCUT2D eigenvalue weighted by atomic mass is 9.92. The summed E-state index contributed by atoms with van der Waals surface area (Å²) >= 11 is 0. The van der Waals surface area contributed by atoms with Gasteiger partial charge in [-0.15, -0.1) is 0 Å². The molecule has 0 bridgehead atoms. The number of hydrogen-bond donors (Lipinski definition) is 1. The first-order valence-electron chi connectivity index (χ1n) is 11.1. The maximum atomic E-state index is 13.4. The largest absolute Gasteiger partial charge is 0.433 e. The lowest BCUT2D eigenvalue weighted by Crippen LogP contribution is -2.37. The second-order valence-corrected chi connectivity index (χ2v) is 8.56. The normalized spacial score (nSPS) is 16.0. The molecule has 176 valence electrons. The molecular formula is C25H20F3N7. The zero-order valence-corrected chi connectivity index (χ0v) is 18.7. The van der Waals surface area contributed by atoms with Crippen LogP contribution in [0.4, 0.5) is 19.1 Å². The molecule has 0 amide bonds. The summed E-state index contributed by atoms with van der Waals surface area (Å²) in [4.78, 5) is 15.0. The Labute approximate surface area is 198 Å². The Morgan fingerprint density at radius 3 is 2.49 bits per heavy atom. The summed E-state index contributed by atoms with van der Waals surface area (Å²) in [5.74, 6) is 0.0520. The van der Waals surface area contributed by atoms with E-state index in [0.29, 0.717) is 13.0 Å². The number of nitrogens with zero attached hydrogens (tertiary/aromatic N) is 6. The van der Waals surface area contributed by atoms with Crippen LogP contribution in [0.2, 0.25) is 0 Å². The number of fused-ring (bicyclic) bond motifs is 3. The van der Waals surface area contributed by atoms with Crippen LogP contribution in [-0.2, 0) is 12.6 Å². The summed E-state index contributed by atoms with van der Waals surface area (Å²) in [6.45, 7) is 2.46. The van der Waals surface area contributed by atoms with Gasteiger partial charge in [0.25, 0.3) is 0 Å². The Morgan fingerprint density at radius 1 is 0.971 bits per heavy atom. The van der Waals surface area contributed by atoms with E-state index in [4.69, 9.17) is 0 Å². The number of alkyl halides is 3. The van der Waals surface area contributed by atoms with Crippen LogP contribution >= 0.6 is 0 Å². The van der Waals surface area contributed by atoms with Crippen molar-refractivity contribution in [3.05, 3.63) is 95.2 Å². The first-order valence-corrected chi connectivity index (χ1v) is 11.1. The van der Waals surface area contributed by atoms with Gasteiger partial charge in [-0.1, -0.05) is 29.8 Å². The van der Waals surface area contributed by atoms with Crippen molar-refractivity contribution in [2.75, 3.05) is 11.4 Å². The number of hydrogen-bond acceptors (Lipinski definition) is 5. The molecule has 0 saturated heterocycles. The zero-order chi connectivity index (χ0) is 24.2. The van der Waals surface area contributed by atoms with E-state index in [1.807, 2.05) is 54.3 Å². The third-order valence-electron chi connectivity index (χ3n) is 6.34. The molecule has 1 atom stereocenters. The smallest absolute Gasteiger partial charge is 0.356 e. The van der Waals surface area contributed by atoms with Gasteiger partial charge < -0.3 is 9.88 Å². The molecule has 6 rings (SSSR count). The van der Waals surface area contributed by atoms with Crippen LogP contribution in [0.5, 0.6) is 0 Å². The Hall–Kier alpha value is -4.21. The van der Waals surface area contributed by atoms with Gasteiger partial charge in [0.15, 0.2) is 0 Å². The number of anilines is 1. The van der Waals surface area contributed by atoms with Crippen LogP contribution in [0.15, 0.2) is 67.1 Å². The first-order chi connectivity index (χ1) is 16.9. The Balaban J connectivity index is 1.51. The van der Waals surface area contributed by atoms with Crippen molar-refractivity contribution in [2.45, 2.75) is 25.6 Å². The summed E-state index contributed by atoms with van der Waals surface area (Å²) in [5, 5.41) is 9.48. The predicted octanol–water partition coefficient (Wildman–Crippen LogP) is 5.02. The molecule has 0 spiro atoms. The van der Waals surface area contributed by atoms with Gasteiger partial charge in [-0.25, -0.2) is 9.97 Å². The van der Waals surface area contributed by atoms with E-state index in [2.05, 4.69) is 25.1 Å². The van der Waals surface area contributed by atoms with Crippen molar-refractivity contribution in [3.8, 4) is 5.69 Å². The molecule has 4 heterocycles. The molecule has 0 fully saturated rings. The molecule has 7 nitrogen and oxygen atoms in total. The van der Waals surface area contributed by atoms with Crippen molar-refractivity contribution in [1.82, 2.24) is 29.9 Å². The number of aromatic amines is 1. The van der Waals surface area contributed by atoms with E-state index in [1.165, 1.54) is 6.20 Å². The van der Waals surface area contributed by atoms with E-state index < -0.39 is 11.9 Å². The van der Waals surface area contributed by atoms with Crippen LogP contribution in [0.25, 0.3) is 16.6 Å². The van der Waals surface area contributed by atoms with Crippen molar-refractivity contribution < 1.29 is 13.2 Å². The monoisotopic (exact) mass is 475 g/mol. The van der Waals surface area contributed by atoms with Crippen LogP contribution in [0.1, 0.15) is 34.1 Å². The van der Waals surface area contributed by atoms with Gasteiger partial charge in [-0.3, -0.25) is 0 Å². The number of aryl methyl sites for hydroxylation is 1. The highest BCUT2D eigenvalue weighted by molar-refractivity contribution is 5.87. The average molecular weight is 475 g/mol. The average Bonchev–Trinajstić information content (AvgIpc) is 3.51. The molecular weight excluding hydrogens is 455 g/mol. The Morgan fingerprint density at radius 2 is 1.74 bits per heavy atom. The van der Waals surface area contributed by atoms with Crippen molar-refractivity contribution >= 4 is 16.9 Å². The summed E-state index contributed by atoms with van der Waals surface area (Å²) < 4.78 is 40.2. The van der Waals surface area contributed by atoms with Gasteiger partial charge >= 0.3 is 6.18 Å². The van der Waals surface area contributed by atoms with E-state index in [-0.39, 0.29) is 12.0 Å². The van der Waals surface area contributed by atoms with Gasteiger partial charge in [0.1, 0.15) is 5.69 Å². The van der Waals surface area contributed by atoms with E-state index in [1.54, 1.807) is 17.2 Å². The number of rotatable bonds is 3. The Bertz CT molecular complexity index is 1500. The maximum absolute atomic E-state index is 13.4. The lowest BCUT2D eigenvalue weighted by Gasteiger charge is -2.36. The third kappa shape index (κ3) is 3.71. The highest BCUT2D eigenvalue weighted by atomic mass is 19.4. The van der Waals surface area contributed by atoms with Crippen LogP contribution in [0, 0.1) is 6.92 Å². The zero-order valence-electron chi connectivity index (χ0n) is 18.7. The second-order valence-electron chi connectivity index (χ2n) is 8.56. The lowest BCUT2D eigenvalue weighted by molar-refractivity contribution is -0.141. The second kappa shape index (κ2) is 7.93. The highest BCUT2D eigenvalue weighted by Crippen LogP contribution is 2.41. The van der Waals surface area contributed by atoms with E-state index in [9.17, 15) is 13.2 Å². The highest BCUT2D eigenvalue weighted by Gasteiger charge is 2.36. The third-order valence-corrected chi connectivity index (χ3v) is 6.34. The summed E-state index contributed by atoms with van der Waals surface area (Å²) in [6.07, 6.45) is 0.485. The molecule has 1 N–H and O–H groups in total. The van der Waals surface area contributed by atoms with Gasteiger partial charge in [0.05, 0.1) is 24.1 Å². The van der Waals surface area contributed by atoms with Gasteiger partial charge in [-0.05, 0) is 48.7 Å². The molecule has 10 heteroatoms. The summed E-state index contributed by atoms with van der Waals surface area (Å²) in [6, 6.07) is 14.5. The number of aromatic nitrogens is 6. The summed E-state index contributed by atoms with van der Waals surface area (Å²) in [7, 11) is 0. The van der Waals surface area contributed by atoms with Crippen LogP contribution < -0.4 is 4.90 Å². The summed E-state index contributed by atoms with van der Waals surface area (Å²) in [5.41, 5.74) is 4.89. The molecule has 3 aromatic heterocycles. The number of H-pyrrole nitrogens is 1. The van der Waals surface area contributed by atoms with Crippen LogP contribution in [-0.4, -0.2) is 36.5 Å². The van der Waals surface area contributed by atoms with Crippen molar-refractivity contribution in [1.29, 1.82) is 0 Å². The fourth-order valence-corrected chi connectivity index (χ4v) is 4.71. The van der Waals surface area contributed by atoms with Gasteiger partial charge in [0.2, 0.25) is 5.95 Å². The number of benzene rings is 2. The van der Waals surface area contributed by atoms with Gasteiger partial charge in [-0.2, -0.15) is 28.2 Å². The van der Waals surface area contributed by atoms with E-state index in [0.717, 1.165) is 45.0 Å². The van der Waals surface area contributed by atoms with Crippen molar-refractivity contribution in [2.24, 2.45) is 0 Å². The molecule has 0 aliphatic carbocycles.